The van der Waals surface area contributed by atoms with Gasteiger partial charge in [0.15, 0.2) is 0 Å². The van der Waals surface area contributed by atoms with Crippen molar-refractivity contribution in [2.45, 2.75) is 45.2 Å². The van der Waals surface area contributed by atoms with Crippen LogP contribution in [0.25, 0.3) is 0 Å². The van der Waals surface area contributed by atoms with Gasteiger partial charge < -0.3 is 20.4 Å². The van der Waals surface area contributed by atoms with E-state index in [1.54, 1.807) is 4.90 Å². The molecule has 0 spiro atoms. The Kier molecular flexibility index (Phi) is 5.40. The van der Waals surface area contributed by atoms with Gasteiger partial charge in [-0.2, -0.15) is 0 Å². The Morgan fingerprint density at radius 3 is 2.39 bits per heavy atom. The molecule has 0 aliphatic heterocycles. The molecule has 2 amide bonds. The van der Waals surface area contributed by atoms with Gasteiger partial charge in [-0.1, -0.05) is 13.8 Å². The van der Waals surface area contributed by atoms with Crippen LogP contribution in [0, 0.1) is 5.92 Å². The van der Waals surface area contributed by atoms with Gasteiger partial charge in [0, 0.05) is 25.6 Å². The average molecular weight is 258 g/mol. The second kappa shape index (κ2) is 6.58. The minimum atomic E-state index is -1.11. The van der Waals surface area contributed by atoms with Crippen LogP contribution < -0.4 is 5.32 Å². The summed E-state index contributed by atoms with van der Waals surface area (Å²) in [4.78, 5) is 24.6. The number of carboxylic acids is 1. The van der Waals surface area contributed by atoms with Crippen molar-refractivity contribution in [3.63, 3.8) is 0 Å². The summed E-state index contributed by atoms with van der Waals surface area (Å²) in [5, 5.41) is 20.2. The van der Waals surface area contributed by atoms with E-state index in [9.17, 15) is 9.59 Å². The molecule has 1 aliphatic rings. The highest BCUT2D eigenvalue weighted by Gasteiger charge is 2.34. The molecule has 0 bridgehead atoms. The largest absolute Gasteiger partial charge is 0.480 e. The Labute approximate surface area is 107 Å². The van der Waals surface area contributed by atoms with E-state index in [4.69, 9.17) is 10.2 Å². The second-order valence-corrected chi connectivity index (χ2v) is 5.13. The van der Waals surface area contributed by atoms with E-state index < -0.39 is 12.0 Å². The minimum absolute atomic E-state index is 0.0290. The van der Waals surface area contributed by atoms with Crippen LogP contribution in [-0.2, 0) is 4.79 Å². The van der Waals surface area contributed by atoms with Gasteiger partial charge in [-0.05, 0) is 18.8 Å². The zero-order valence-corrected chi connectivity index (χ0v) is 10.9. The lowest BCUT2D eigenvalue weighted by atomic mass is 10.2. The summed E-state index contributed by atoms with van der Waals surface area (Å²) in [6, 6.07) is -1.11. The van der Waals surface area contributed by atoms with Gasteiger partial charge in [0.1, 0.15) is 6.04 Å². The number of carboxylic acid groups (broad SMARTS) is 1. The third-order valence-corrected chi connectivity index (χ3v) is 2.82. The molecule has 0 aromatic heterocycles. The van der Waals surface area contributed by atoms with Crippen LogP contribution in [0.3, 0.4) is 0 Å². The van der Waals surface area contributed by atoms with E-state index in [0.29, 0.717) is 12.5 Å². The Morgan fingerprint density at radius 1 is 1.39 bits per heavy atom. The van der Waals surface area contributed by atoms with Crippen LogP contribution in [0.5, 0.6) is 0 Å². The molecule has 1 atom stereocenters. The van der Waals surface area contributed by atoms with E-state index >= 15 is 0 Å². The number of aliphatic carboxylic acids is 1. The number of nitrogens with zero attached hydrogens (tertiary/aromatic N) is 1. The average Bonchev–Trinajstić information content (AvgIpc) is 3.08. The van der Waals surface area contributed by atoms with E-state index in [2.05, 4.69) is 5.32 Å². The molecule has 0 aromatic rings. The fraction of sp³-hybridized carbons (Fsp3) is 0.833. The van der Waals surface area contributed by atoms with Gasteiger partial charge in [-0.3, -0.25) is 0 Å². The SMILES string of the molecule is CC(C)CN(C(=O)N[C@@H](CCO)C(=O)O)C1CC1. The highest BCUT2D eigenvalue weighted by molar-refractivity contribution is 5.82. The summed E-state index contributed by atoms with van der Waals surface area (Å²) >= 11 is 0. The van der Waals surface area contributed by atoms with Gasteiger partial charge >= 0.3 is 12.0 Å². The van der Waals surface area contributed by atoms with Crippen LogP contribution in [0.2, 0.25) is 0 Å². The van der Waals surface area contributed by atoms with Gasteiger partial charge in [0.05, 0.1) is 0 Å². The first-order valence-electron chi connectivity index (χ1n) is 6.36. The van der Waals surface area contributed by atoms with Crippen molar-refractivity contribution in [3.05, 3.63) is 0 Å². The maximum atomic E-state index is 12.0. The molecule has 1 rings (SSSR count). The van der Waals surface area contributed by atoms with Crippen molar-refractivity contribution >= 4 is 12.0 Å². The van der Waals surface area contributed by atoms with Crippen molar-refractivity contribution in [3.8, 4) is 0 Å². The molecule has 0 heterocycles. The van der Waals surface area contributed by atoms with Gasteiger partial charge in [-0.25, -0.2) is 9.59 Å². The topological polar surface area (TPSA) is 89.9 Å². The van der Waals surface area contributed by atoms with Crippen molar-refractivity contribution in [1.29, 1.82) is 0 Å². The summed E-state index contributed by atoms with van der Waals surface area (Å²) < 4.78 is 0. The van der Waals surface area contributed by atoms with Crippen LogP contribution in [0.1, 0.15) is 33.1 Å². The number of carbonyl (C=O) groups is 2. The number of nitrogens with one attached hydrogen (secondary N) is 1. The van der Waals surface area contributed by atoms with Gasteiger partial charge in [-0.15, -0.1) is 0 Å². The number of hydrogen-bond acceptors (Lipinski definition) is 3. The molecule has 1 saturated carbocycles. The quantitative estimate of drug-likeness (QED) is 0.625. The highest BCUT2D eigenvalue weighted by atomic mass is 16.4. The lowest BCUT2D eigenvalue weighted by Gasteiger charge is -2.26. The summed E-state index contributed by atoms with van der Waals surface area (Å²) in [5.74, 6) is -0.768. The smallest absolute Gasteiger partial charge is 0.326 e. The van der Waals surface area contributed by atoms with Crippen molar-refractivity contribution < 1.29 is 19.8 Å². The monoisotopic (exact) mass is 258 g/mol. The Balaban J connectivity index is 2.56. The van der Waals surface area contributed by atoms with Crippen LogP contribution in [0.15, 0.2) is 0 Å². The molecule has 3 N–H and O–H groups in total. The first-order chi connectivity index (χ1) is 8.45. The Bertz CT molecular complexity index is 302. The predicted molar refractivity (Wildman–Crippen MR) is 66.2 cm³/mol. The molecule has 0 radical (unpaired) electrons. The zero-order valence-electron chi connectivity index (χ0n) is 10.9. The van der Waals surface area contributed by atoms with E-state index in [-0.39, 0.29) is 25.1 Å². The summed E-state index contributed by atoms with van der Waals surface area (Å²) in [7, 11) is 0. The van der Waals surface area contributed by atoms with Crippen LogP contribution in [-0.4, -0.2) is 52.3 Å². The number of aliphatic hydroxyl groups excluding tert-OH is 1. The highest BCUT2D eigenvalue weighted by Crippen LogP contribution is 2.27. The third kappa shape index (κ3) is 4.52. The first kappa shape index (κ1) is 14.8. The molecule has 1 fully saturated rings. The molecular formula is C12H22N2O4. The number of rotatable bonds is 7. The summed E-state index contributed by atoms with van der Waals surface area (Å²) in [6.07, 6.45) is 2.00. The number of carbonyl (C=O) groups excluding carboxylic acids is 1. The van der Waals surface area contributed by atoms with Crippen LogP contribution >= 0.6 is 0 Å². The zero-order chi connectivity index (χ0) is 13.7. The maximum Gasteiger partial charge on any atom is 0.326 e. The second-order valence-electron chi connectivity index (χ2n) is 5.13. The number of hydrogen-bond donors (Lipinski definition) is 3. The third-order valence-electron chi connectivity index (χ3n) is 2.82. The van der Waals surface area contributed by atoms with Crippen molar-refractivity contribution in [2.24, 2.45) is 5.92 Å². The number of aliphatic hydroxyl groups is 1. The molecular weight excluding hydrogens is 236 g/mol. The number of urea groups is 1. The fourth-order valence-electron chi connectivity index (χ4n) is 1.80. The summed E-state index contributed by atoms with van der Waals surface area (Å²) in [5.41, 5.74) is 0. The lowest BCUT2D eigenvalue weighted by Crippen LogP contribution is -2.50. The molecule has 18 heavy (non-hydrogen) atoms. The number of amides is 2. The van der Waals surface area contributed by atoms with Gasteiger partial charge in [0.2, 0.25) is 0 Å². The molecule has 104 valence electrons. The van der Waals surface area contributed by atoms with Crippen LogP contribution in [0.4, 0.5) is 4.79 Å². The minimum Gasteiger partial charge on any atom is -0.480 e. The van der Waals surface area contributed by atoms with E-state index in [1.165, 1.54) is 0 Å². The fourth-order valence-corrected chi connectivity index (χ4v) is 1.80. The van der Waals surface area contributed by atoms with Gasteiger partial charge in [0.25, 0.3) is 0 Å². The molecule has 0 unspecified atom stereocenters. The van der Waals surface area contributed by atoms with Crippen molar-refractivity contribution in [2.75, 3.05) is 13.2 Å². The first-order valence-corrected chi connectivity index (χ1v) is 6.36. The molecule has 6 nitrogen and oxygen atoms in total. The Morgan fingerprint density at radius 2 is 2.00 bits per heavy atom. The summed E-state index contributed by atoms with van der Waals surface area (Å²) in [6.45, 7) is 4.41. The maximum absolute atomic E-state index is 12.0. The normalized spacial score (nSPS) is 16.4. The van der Waals surface area contributed by atoms with E-state index in [0.717, 1.165) is 12.8 Å². The predicted octanol–water partition coefficient (Wildman–Crippen LogP) is 0.652. The Hall–Kier alpha value is -1.30. The lowest BCUT2D eigenvalue weighted by molar-refractivity contribution is -0.139. The molecule has 0 aromatic carbocycles. The van der Waals surface area contributed by atoms with E-state index in [1.807, 2.05) is 13.8 Å². The van der Waals surface area contributed by atoms with Crippen molar-refractivity contribution in [1.82, 2.24) is 10.2 Å². The molecule has 6 heteroatoms. The molecule has 0 saturated heterocycles. The molecule has 1 aliphatic carbocycles. The standard InChI is InChI=1S/C12H22N2O4/c1-8(2)7-14(9-3-4-9)12(18)13-10(5-6-15)11(16)17/h8-10,15H,3-7H2,1-2H3,(H,13,18)(H,16,17)/t10-/m0/s1.